The van der Waals surface area contributed by atoms with Crippen molar-refractivity contribution in [2.75, 3.05) is 6.26 Å². The van der Waals surface area contributed by atoms with Crippen LogP contribution in [0.15, 0.2) is 64.1 Å². The molecule has 0 aliphatic heterocycles. The van der Waals surface area contributed by atoms with Crippen LogP contribution in [-0.4, -0.2) is 24.8 Å². The van der Waals surface area contributed by atoms with Gasteiger partial charge in [0.25, 0.3) is 0 Å². The molecule has 0 saturated carbocycles. The Morgan fingerprint density at radius 3 is 2.67 bits per heavy atom. The summed E-state index contributed by atoms with van der Waals surface area (Å²) >= 11 is 6.05. The Labute approximate surface area is 179 Å². The van der Waals surface area contributed by atoms with Crippen LogP contribution in [0.2, 0.25) is 5.02 Å². The summed E-state index contributed by atoms with van der Waals surface area (Å²) in [6, 6.07) is 15.9. The second-order valence-corrected chi connectivity index (χ2v) is 9.65. The lowest BCUT2D eigenvalue weighted by atomic mass is 9.93. The summed E-state index contributed by atoms with van der Waals surface area (Å²) in [6.45, 7) is 1.89. The van der Waals surface area contributed by atoms with Gasteiger partial charge < -0.3 is 10.3 Å². The monoisotopic (exact) mass is 441 g/mol. The SMILES string of the molecule is Cc1ccc(S(C)(=O)=O)nc1C[C@H](N)c1ccccc1-c1noc2cc(Cl)ccc12. The molecule has 0 unspecified atom stereocenters. The van der Waals surface area contributed by atoms with Crippen molar-refractivity contribution in [3.8, 4) is 11.3 Å². The van der Waals surface area contributed by atoms with E-state index in [1.165, 1.54) is 6.07 Å². The van der Waals surface area contributed by atoms with Crippen molar-refractivity contribution in [1.29, 1.82) is 0 Å². The third kappa shape index (κ3) is 3.96. The molecule has 0 spiro atoms. The first-order valence-corrected chi connectivity index (χ1v) is 11.6. The largest absolute Gasteiger partial charge is 0.356 e. The number of rotatable bonds is 5. The van der Waals surface area contributed by atoms with E-state index < -0.39 is 15.9 Å². The molecule has 0 saturated heterocycles. The van der Waals surface area contributed by atoms with Crippen LogP contribution >= 0.6 is 11.6 Å². The fourth-order valence-electron chi connectivity index (χ4n) is 3.42. The molecule has 2 N–H and O–H groups in total. The second kappa shape index (κ2) is 7.83. The summed E-state index contributed by atoms with van der Waals surface area (Å²) in [5.74, 6) is 0. The number of aromatic nitrogens is 2. The molecule has 2 aromatic heterocycles. The number of nitrogens with two attached hydrogens (primary N) is 1. The fourth-order valence-corrected chi connectivity index (χ4v) is 4.18. The van der Waals surface area contributed by atoms with E-state index >= 15 is 0 Å². The van der Waals surface area contributed by atoms with Crippen LogP contribution < -0.4 is 5.73 Å². The first-order chi connectivity index (χ1) is 14.2. The Morgan fingerprint density at radius 1 is 1.13 bits per heavy atom. The van der Waals surface area contributed by atoms with Crippen molar-refractivity contribution < 1.29 is 12.9 Å². The van der Waals surface area contributed by atoms with Crippen LogP contribution in [0.25, 0.3) is 22.2 Å². The van der Waals surface area contributed by atoms with Gasteiger partial charge in [0.15, 0.2) is 20.4 Å². The molecule has 6 nitrogen and oxygen atoms in total. The number of pyridine rings is 1. The van der Waals surface area contributed by atoms with E-state index in [1.807, 2.05) is 37.3 Å². The third-order valence-electron chi connectivity index (χ3n) is 5.02. The molecule has 8 heteroatoms. The minimum Gasteiger partial charge on any atom is -0.356 e. The van der Waals surface area contributed by atoms with Gasteiger partial charge in [-0.15, -0.1) is 0 Å². The molecular weight excluding hydrogens is 422 g/mol. The van der Waals surface area contributed by atoms with Gasteiger partial charge in [0.1, 0.15) is 5.69 Å². The van der Waals surface area contributed by atoms with Gasteiger partial charge in [0, 0.05) is 46.5 Å². The Balaban J connectivity index is 1.74. The van der Waals surface area contributed by atoms with Crippen molar-refractivity contribution in [1.82, 2.24) is 10.1 Å². The average molecular weight is 442 g/mol. The number of aryl methyl sites for hydroxylation is 1. The van der Waals surface area contributed by atoms with Gasteiger partial charge in [-0.05, 0) is 36.2 Å². The smallest absolute Gasteiger partial charge is 0.192 e. The number of nitrogens with zero attached hydrogens (tertiary/aromatic N) is 2. The summed E-state index contributed by atoms with van der Waals surface area (Å²) in [5.41, 5.74) is 11.1. The minimum absolute atomic E-state index is 0.0444. The van der Waals surface area contributed by atoms with Crippen molar-refractivity contribution in [3.63, 3.8) is 0 Å². The fraction of sp³-hybridized carbons (Fsp3) is 0.182. The summed E-state index contributed by atoms with van der Waals surface area (Å²) in [7, 11) is -3.40. The molecule has 0 bridgehead atoms. The van der Waals surface area contributed by atoms with Gasteiger partial charge in [0.05, 0.1) is 0 Å². The maximum atomic E-state index is 11.9. The topological polar surface area (TPSA) is 99.1 Å². The normalized spacial score (nSPS) is 12.9. The minimum atomic E-state index is -3.40. The third-order valence-corrected chi connectivity index (χ3v) is 6.24. The average Bonchev–Trinajstić information content (AvgIpc) is 3.11. The lowest BCUT2D eigenvalue weighted by Crippen LogP contribution is -2.17. The number of sulfone groups is 1. The van der Waals surface area contributed by atoms with Gasteiger partial charge in [-0.2, -0.15) is 0 Å². The molecular formula is C22H20ClN3O3S. The predicted octanol–water partition coefficient (Wildman–Crippen LogP) is 4.50. The zero-order valence-electron chi connectivity index (χ0n) is 16.5. The highest BCUT2D eigenvalue weighted by atomic mass is 35.5. The van der Waals surface area contributed by atoms with Crippen molar-refractivity contribution >= 4 is 32.4 Å². The van der Waals surface area contributed by atoms with Crippen LogP contribution in [0.3, 0.4) is 0 Å². The molecule has 4 rings (SSSR count). The summed E-state index contributed by atoms with van der Waals surface area (Å²) in [5, 5.41) is 5.69. The van der Waals surface area contributed by atoms with Gasteiger partial charge in [-0.25, -0.2) is 13.4 Å². The summed E-state index contributed by atoms with van der Waals surface area (Å²) in [6.07, 6.45) is 1.53. The molecule has 0 radical (unpaired) electrons. The molecule has 154 valence electrons. The van der Waals surface area contributed by atoms with Crippen LogP contribution in [0.4, 0.5) is 0 Å². The Bertz CT molecular complexity index is 1350. The second-order valence-electron chi connectivity index (χ2n) is 7.25. The molecule has 0 aliphatic carbocycles. The van der Waals surface area contributed by atoms with Crippen LogP contribution in [-0.2, 0) is 16.3 Å². The number of hydrogen-bond acceptors (Lipinski definition) is 6. The van der Waals surface area contributed by atoms with Crippen molar-refractivity contribution in [3.05, 3.63) is 76.4 Å². The molecule has 0 fully saturated rings. The molecule has 0 aliphatic rings. The zero-order chi connectivity index (χ0) is 21.5. The van der Waals surface area contributed by atoms with Gasteiger partial charge in [-0.3, -0.25) is 0 Å². The van der Waals surface area contributed by atoms with E-state index in [1.54, 1.807) is 18.2 Å². The van der Waals surface area contributed by atoms with Crippen LogP contribution in [0.5, 0.6) is 0 Å². The maximum Gasteiger partial charge on any atom is 0.192 e. The highest BCUT2D eigenvalue weighted by Gasteiger charge is 2.20. The molecule has 4 aromatic rings. The van der Waals surface area contributed by atoms with E-state index in [0.29, 0.717) is 28.4 Å². The van der Waals surface area contributed by atoms with E-state index in [0.717, 1.165) is 28.3 Å². The Kier molecular flexibility index (Phi) is 5.36. The maximum absolute atomic E-state index is 11.9. The molecule has 0 amide bonds. The van der Waals surface area contributed by atoms with Crippen LogP contribution in [0.1, 0.15) is 22.9 Å². The molecule has 30 heavy (non-hydrogen) atoms. The molecule has 2 aromatic carbocycles. The molecule has 2 heterocycles. The van der Waals surface area contributed by atoms with E-state index in [-0.39, 0.29) is 5.03 Å². The predicted molar refractivity (Wildman–Crippen MR) is 117 cm³/mol. The van der Waals surface area contributed by atoms with Crippen molar-refractivity contribution in [2.24, 2.45) is 5.73 Å². The van der Waals surface area contributed by atoms with Gasteiger partial charge in [0.2, 0.25) is 0 Å². The lowest BCUT2D eigenvalue weighted by molar-refractivity contribution is 0.459. The van der Waals surface area contributed by atoms with Crippen LogP contribution in [0, 0.1) is 6.92 Å². The highest BCUT2D eigenvalue weighted by molar-refractivity contribution is 7.90. The number of hydrogen-bond donors (Lipinski definition) is 1. The highest BCUT2D eigenvalue weighted by Crippen LogP contribution is 2.34. The quantitative estimate of drug-likeness (QED) is 0.489. The van der Waals surface area contributed by atoms with E-state index in [4.69, 9.17) is 21.9 Å². The summed E-state index contributed by atoms with van der Waals surface area (Å²) in [4.78, 5) is 4.34. The summed E-state index contributed by atoms with van der Waals surface area (Å²) < 4.78 is 29.2. The lowest BCUT2D eigenvalue weighted by Gasteiger charge is -2.17. The standard InChI is InChI=1S/C22H20ClN3O3S/c1-13-7-10-21(30(2,27)28)25-19(13)12-18(24)15-5-3-4-6-16(15)22-17-9-8-14(23)11-20(17)29-26-22/h3-11,18H,12,24H2,1-2H3/t18-/m0/s1. The van der Waals surface area contributed by atoms with Gasteiger partial charge in [-0.1, -0.05) is 47.1 Å². The number of fused-ring (bicyclic) bond motifs is 1. The Morgan fingerprint density at radius 2 is 1.90 bits per heavy atom. The number of benzene rings is 2. The van der Waals surface area contributed by atoms with Crippen molar-refractivity contribution in [2.45, 2.75) is 24.4 Å². The first kappa shape index (κ1) is 20.5. The van der Waals surface area contributed by atoms with Gasteiger partial charge >= 0.3 is 0 Å². The zero-order valence-corrected chi connectivity index (χ0v) is 18.0. The van der Waals surface area contributed by atoms with E-state index in [2.05, 4.69) is 10.1 Å². The Hall–Kier alpha value is -2.74. The van der Waals surface area contributed by atoms with E-state index in [9.17, 15) is 8.42 Å². The molecule has 1 atom stereocenters. The first-order valence-electron chi connectivity index (χ1n) is 9.30. The number of halogens is 1.